The Morgan fingerprint density at radius 2 is 1.93 bits per heavy atom. The van der Waals surface area contributed by atoms with Gasteiger partial charge in [-0.2, -0.15) is 4.37 Å². The molecule has 5 rings (SSSR count). The van der Waals surface area contributed by atoms with Gasteiger partial charge in [0.1, 0.15) is 10.0 Å². The van der Waals surface area contributed by atoms with Crippen molar-refractivity contribution in [3.63, 3.8) is 0 Å². The van der Waals surface area contributed by atoms with Gasteiger partial charge in [-0.3, -0.25) is 14.5 Å². The summed E-state index contributed by atoms with van der Waals surface area (Å²) in [4.78, 5) is 27.3. The molecule has 0 aliphatic carbocycles. The van der Waals surface area contributed by atoms with E-state index in [0.717, 1.165) is 28.0 Å². The second-order valence-corrected chi connectivity index (χ2v) is 9.35. The van der Waals surface area contributed by atoms with Crippen molar-refractivity contribution >= 4 is 40.1 Å². The van der Waals surface area contributed by atoms with Crippen molar-refractivity contribution in [2.24, 2.45) is 5.92 Å². The van der Waals surface area contributed by atoms with E-state index in [4.69, 9.17) is 0 Å². The molecule has 8 heteroatoms. The number of rotatable bonds is 5. The van der Waals surface area contributed by atoms with Gasteiger partial charge in [-0.25, -0.2) is 0 Å². The lowest BCUT2D eigenvalue weighted by Gasteiger charge is -2.49. The number of anilines is 1. The number of benzene rings is 1. The number of hydrogen-bond donors (Lipinski definition) is 2. The Hall–Kier alpha value is -1.90. The maximum absolute atomic E-state index is 12.7. The summed E-state index contributed by atoms with van der Waals surface area (Å²) < 4.78 is 4.34. The van der Waals surface area contributed by atoms with E-state index in [-0.39, 0.29) is 17.9 Å². The van der Waals surface area contributed by atoms with Gasteiger partial charge in [-0.05, 0) is 74.6 Å². The lowest BCUT2D eigenvalue weighted by atomic mass is 9.79. The summed E-state index contributed by atoms with van der Waals surface area (Å²) in [6, 6.07) is 10.1. The zero-order chi connectivity index (χ0) is 19.7. The Kier molecular flexibility index (Phi) is 5.70. The molecule has 2 N–H and O–H groups in total. The number of nitrogens with zero attached hydrogens (tertiary/aromatic N) is 2. The van der Waals surface area contributed by atoms with Gasteiger partial charge in [0, 0.05) is 35.5 Å². The van der Waals surface area contributed by atoms with Crippen LogP contribution in [-0.2, 0) is 4.79 Å². The SMILES string of the molecule is CC(=O)Nc1cc(Sc2ccc(C(=O)N[C@@H]3C4CCN(CC4)[C@H]3C)cc2)ns1. The predicted molar refractivity (Wildman–Crippen MR) is 112 cm³/mol. The molecule has 3 fully saturated rings. The molecular formula is C20H24N4O2S2. The molecule has 28 heavy (non-hydrogen) atoms. The second kappa shape index (κ2) is 8.23. The van der Waals surface area contributed by atoms with Gasteiger partial charge in [0.2, 0.25) is 5.91 Å². The number of aromatic nitrogens is 1. The summed E-state index contributed by atoms with van der Waals surface area (Å²) in [6.07, 6.45) is 2.36. The maximum Gasteiger partial charge on any atom is 0.251 e. The van der Waals surface area contributed by atoms with Gasteiger partial charge in [0.15, 0.2) is 0 Å². The molecule has 1 aromatic carbocycles. The number of piperidine rings is 3. The molecule has 3 saturated heterocycles. The molecule has 6 nitrogen and oxygen atoms in total. The van der Waals surface area contributed by atoms with Crippen LogP contribution in [0.4, 0.5) is 5.00 Å². The molecule has 4 heterocycles. The summed E-state index contributed by atoms with van der Waals surface area (Å²) in [6.45, 7) is 6.01. The van der Waals surface area contributed by atoms with Crippen LogP contribution in [0, 0.1) is 5.92 Å². The van der Waals surface area contributed by atoms with Crippen LogP contribution in [0.1, 0.15) is 37.0 Å². The standard InChI is InChI=1S/C20H24N4O2S2/c1-12-19(14-7-9-24(12)10-8-14)22-20(26)15-3-5-16(6-4-15)27-18-11-17(28-23-18)21-13(2)25/h3-6,11-12,14,19H,7-10H2,1-2H3,(H,21,25)(H,22,26)/t12-,19-/m0/s1. The summed E-state index contributed by atoms with van der Waals surface area (Å²) >= 11 is 2.77. The summed E-state index contributed by atoms with van der Waals surface area (Å²) in [7, 11) is 0. The fourth-order valence-electron chi connectivity index (χ4n) is 4.11. The zero-order valence-electron chi connectivity index (χ0n) is 16.0. The topological polar surface area (TPSA) is 74.3 Å². The molecule has 2 amide bonds. The van der Waals surface area contributed by atoms with E-state index >= 15 is 0 Å². The van der Waals surface area contributed by atoms with E-state index in [9.17, 15) is 9.59 Å². The Labute approximate surface area is 173 Å². The molecule has 0 radical (unpaired) electrons. The Bertz CT molecular complexity index is 857. The molecule has 0 unspecified atom stereocenters. The first-order valence-corrected chi connectivity index (χ1v) is 11.2. The molecule has 1 aromatic heterocycles. The average Bonchev–Trinajstić information content (AvgIpc) is 3.11. The first-order chi connectivity index (χ1) is 13.5. The highest BCUT2D eigenvalue weighted by Gasteiger charge is 2.40. The van der Waals surface area contributed by atoms with Crippen molar-refractivity contribution in [3.05, 3.63) is 35.9 Å². The quantitative estimate of drug-likeness (QED) is 0.781. The van der Waals surface area contributed by atoms with Crippen LogP contribution >= 0.6 is 23.3 Å². The van der Waals surface area contributed by atoms with Gasteiger partial charge in [-0.1, -0.05) is 11.8 Å². The minimum absolute atomic E-state index is 0.00347. The van der Waals surface area contributed by atoms with Gasteiger partial charge in [0.25, 0.3) is 5.91 Å². The van der Waals surface area contributed by atoms with Crippen LogP contribution in [0.15, 0.2) is 40.3 Å². The monoisotopic (exact) mass is 416 g/mol. The minimum atomic E-state index is -0.104. The number of amides is 2. The van der Waals surface area contributed by atoms with Gasteiger partial charge in [0.05, 0.1) is 0 Å². The normalized spacial score (nSPS) is 26.1. The van der Waals surface area contributed by atoms with Crippen LogP contribution in [0.3, 0.4) is 0 Å². The van der Waals surface area contributed by atoms with E-state index in [1.807, 2.05) is 30.3 Å². The minimum Gasteiger partial charge on any atom is -0.347 e. The highest BCUT2D eigenvalue weighted by molar-refractivity contribution is 7.99. The number of carbonyl (C=O) groups is 2. The lowest BCUT2D eigenvalue weighted by Crippen LogP contribution is -2.62. The van der Waals surface area contributed by atoms with Crippen molar-refractivity contribution < 1.29 is 9.59 Å². The van der Waals surface area contributed by atoms with Crippen molar-refractivity contribution in [3.8, 4) is 0 Å². The highest BCUT2D eigenvalue weighted by atomic mass is 32.2. The first-order valence-electron chi connectivity index (χ1n) is 9.57. The van der Waals surface area contributed by atoms with Crippen LogP contribution in [0.5, 0.6) is 0 Å². The van der Waals surface area contributed by atoms with Gasteiger partial charge >= 0.3 is 0 Å². The fourth-order valence-corrected chi connectivity index (χ4v) is 5.74. The third-order valence-corrected chi connectivity index (χ3v) is 7.35. The van der Waals surface area contributed by atoms with E-state index in [2.05, 4.69) is 26.8 Å². The van der Waals surface area contributed by atoms with Crippen LogP contribution in [-0.4, -0.2) is 46.3 Å². The van der Waals surface area contributed by atoms with Crippen LogP contribution < -0.4 is 10.6 Å². The smallest absolute Gasteiger partial charge is 0.251 e. The predicted octanol–water partition coefficient (Wildman–Crippen LogP) is 3.47. The van der Waals surface area contributed by atoms with Crippen molar-refractivity contribution in [1.29, 1.82) is 0 Å². The van der Waals surface area contributed by atoms with Gasteiger partial charge in [-0.15, -0.1) is 0 Å². The molecule has 3 aliphatic heterocycles. The molecule has 2 aromatic rings. The summed E-state index contributed by atoms with van der Waals surface area (Å²) in [5.74, 6) is 0.498. The number of nitrogens with one attached hydrogen (secondary N) is 2. The number of hydrogen-bond acceptors (Lipinski definition) is 6. The molecule has 2 bridgehead atoms. The Morgan fingerprint density at radius 3 is 2.57 bits per heavy atom. The maximum atomic E-state index is 12.7. The van der Waals surface area contributed by atoms with Crippen molar-refractivity contribution in [1.82, 2.24) is 14.6 Å². The third kappa shape index (κ3) is 4.24. The molecule has 0 saturated carbocycles. The van der Waals surface area contributed by atoms with Crippen molar-refractivity contribution in [2.75, 3.05) is 18.4 Å². The summed E-state index contributed by atoms with van der Waals surface area (Å²) in [5, 5.41) is 7.56. The average molecular weight is 417 g/mol. The van der Waals surface area contributed by atoms with Crippen LogP contribution in [0.2, 0.25) is 0 Å². The molecule has 3 aliphatic rings. The Morgan fingerprint density at radius 1 is 1.21 bits per heavy atom. The van der Waals surface area contributed by atoms with E-state index in [1.165, 1.54) is 43.1 Å². The van der Waals surface area contributed by atoms with E-state index < -0.39 is 0 Å². The van der Waals surface area contributed by atoms with Crippen LogP contribution in [0.25, 0.3) is 0 Å². The first kappa shape index (κ1) is 19.4. The molecular weight excluding hydrogens is 392 g/mol. The fraction of sp³-hybridized carbons (Fsp3) is 0.450. The van der Waals surface area contributed by atoms with Gasteiger partial charge < -0.3 is 10.6 Å². The third-order valence-electron chi connectivity index (χ3n) is 5.60. The number of fused-ring (bicyclic) bond motifs is 3. The van der Waals surface area contributed by atoms with E-state index in [1.54, 1.807) is 0 Å². The van der Waals surface area contributed by atoms with Crippen molar-refractivity contribution in [2.45, 2.75) is 48.7 Å². The Balaban J connectivity index is 1.37. The zero-order valence-corrected chi connectivity index (χ0v) is 17.6. The summed E-state index contributed by atoms with van der Waals surface area (Å²) in [5.41, 5.74) is 0.685. The second-order valence-electron chi connectivity index (χ2n) is 7.45. The highest BCUT2D eigenvalue weighted by Crippen LogP contribution is 2.33. The lowest BCUT2D eigenvalue weighted by molar-refractivity contribution is -0.114. The molecule has 0 spiro atoms. The van der Waals surface area contributed by atoms with E-state index in [0.29, 0.717) is 17.5 Å². The largest absolute Gasteiger partial charge is 0.347 e. The molecule has 2 atom stereocenters. The molecule has 148 valence electrons. The number of carbonyl (C=O) groups excluding carboxylic acids is 2.